The lowest BCUT2D eigenvalue weighted by Crippen LogP contribution is -2.62. The van der Waals surface area contributed by atoms with Gasteiger partial charge in [-0.05, 0) is 104 Å². The van der Waals surface area contributed by atoms with E-state index in [2.05, 4.69) is 36.7 Å². The smallest absolute Gasteiger partial charge is 0.305 e. The van der Waals surface area contributed by atoms with E-state index in [9.17, 15) is 15.0 Å². The van der Waals surface area contributed by atoms with Gasteiger partial charge in [0.25, 0.3) is 0 Å². The van der Waals surface area contributed by atoms with Crippen molar-refractivity contribution in [1.29, 1.82) is 0 Å². The predicted molar refractivity (Wildman–Crippen MR) is 137 cm³/mol. The number of aliphatic hydroxyl groups excluding tert-OH is 2. The maximum atomic E-state index is 11.7. The Kier molecular flexibility index (Phi) is 8.44. The van der Waals surface area contributed by atoms with Crippen LogP contribution in [0.25, 0.3) is 0 Å². The average Bonchev–Trinajstić information content (AvgIpc) is 3.17. The molecule has 4 fully saturated rings. The Bertz CT molecular complexity index is 717. The molecule has 0 amide bonds. The van der Waals surface area contributed by atoms with Crippen LogP contribution in [0.3, 0.4) is 0 Å². The molecule has 4 aliphatic carbocycles. The van der Waals surface area contributed by atoms with Crippen molar-refractivity contribution < 1.29 is 24.5 Å². The summed E-state index contributed by atoms with van der Waals surface area (Å²) in [7, 11) is 1.45. The third kappa shape index (κ3) is 4.63. The molecule has 0 aliphatic heterocycles. The Morgan fingerprint density at radius 1 is 1.12 bits per heavy atom. The van der Waals surface area contributed by atoms with Gasteiger partial charge in [-0.2, -0.15) is 0 Å². The van der Waals surface area contributed by atoms with Crippen LogP contribution in [0.1, 0.15) is 85.0 Å². The molecule has 0 spiro atoms. The fourth-order valence-electron chi connectivity index (χ4n) is 9.22. The Morgan fingerprint density at radius 2 is 1.88 bits per heavy atom. The van der Waals surface area contributed by atoms with Crippen LogP contribution in [0.4, 0.5) is 0 Å². The topological polar surface area (TPSA) is 76.0 Å². The third-order valence-corrected chi connectivity index (χ3v) is 11.7. The van der Waals surface area contributed by atoms with Gasteiger partial charge in [-0.3, -0.25) is 4.79 Å². The summed E-state index contributed by atoms with van der Waals surface area (Å²) in [5.41, 5.74) is -0.00700. The minimum Gasteiger partial charge on any atom is -0.469 e. The normalized spacial score (nSPS) is 46.8. The molecule has 34 heavy (non-hydrogen) atoms. The summed E-state index contributed by atoms with van der Waals surface area (Å²) in [6.07, 6.45) is 9.09. The largest absolute Gasteiger partial charge is 0.469 e. The SMILES string of the molecule is COC(=O)CC[C@@H](C)[C@H]1CC[C@H]2[C@@H]3[C@H](O)C[C@@H]4C[C@@H](OCCCBr)CC[C@]4(C)[C@H]3C[C@H](O)[C@]12C. The molecule has 0 aromatic heterocycles. The van der Waals surface area contributed by atoms with Crippen molar-refractivity contribution >= 4 is 21.9 Å². The van der Waals surface area contributed by atoms with Crippen molar-refractivity contribution in [3.05, 3.63) is 0 Å². The van der Waals surface area contributed by atoms with E-state index in [0.717, 1.165) is 69.7 Å². The molecule has 0 aromatic carbocycles. The van der Waals surface area contributed by atoms with Gasteiger partial charge in [-0.15, -0.1) is 0 Å². The van der Waals surface area contributed by atoms with Crippen LogP contribution in [0.2, 0.25) is 0 Å². The van der Waals surface area contributed by atoms with Crippen LogP contribution < -0.4 is 0 Å². The molecular formula is C28H47BrO5. The lowest BCUT2D eigenvalue weighted by Gasteiger charge is -2.63. The second kappa shape index (κ2) is 10.7. The van der Waals surface area contributed by atoms with E-state index in [1.165, 1.54) is 7.11 Å². The zero-order valence-corrected chi connectivity index (χ0v) is 23.3. The predicted octanol–water partition coefficient (Wildman–Crippen LogP) is 5.35. The Balaban J connectivity index is 1.50. The molecule has 6 heteroatoms. The van der Waals surface area contributed by atoms with Crippen LogP contribution in [-0.4, -0.2) is 53.5 Å². The summed E-state index contributed by atoms with van der Waals surface area (Å²) in [5.74, 6) is 2.07. The zero-order valence-electron chi connectivity index (χ0n) is 21.7. The van der Waals surface area contributed by atoms with E-state index >= 15 is 0 Å². The lowest BCUT2D eigenvalue weighted by molar-refractivity contribution is -0.209. The number of rotatable bonds is 8. The van der Waals surface area contributed by atoms with Crippen molar-refractivity contribution in [2.24, 2.45) is 46.3 Å². The highest BCUT2D eigenvalue weighted by molar-refractivity contribution is 9.09. The van der Waals surface area contributed by atoms with E-state index in [1.807, 2.05) is 0 Å². The maximum absolute atomic E-state index is 11.7. The summed E-state index contributed by atoms with van der Waals surface area (Å²) in [6.45, 7) is 7.80. The number of aliphatic hydroxyl groups is 2. The number of ether oxygens (including phenoxy) is 2. The van der Waals surface area contributed by atoms with E-state index < -0.39 is 0 Å². The second-order valence-corrected chi connectivity index (χ2v) is 13.3. The monoisotopic (exact) mass is 542 g/mol. The van der Waals surface area contributed by atoms with Crippen LogP contribution >= 0.6 is 15.9 Å². The molecule has 0 bridgehead atoms. The van der Waals surface area contributed by atoms with Crippen LogP contribution in [0, 0.1) is 46.3 Å². The van der Waals surface area contributed by atoms with E-state index in [4.69, 9.17) is 9.47 Å². The summed E-state index contributed by atoms with van der Waals surface area (Å²) < 4.78 is 11.1. The summed E-state index contributed by atoms with van der Waals surface area (Å²) in [6, 6.07) is 0. The fourth-order valence-corrected chi connectivity index (χ4v) is 9.45. The highest BCUT2D eigenvalue weighted by atomic mass is 79.9. The number of esters is 1. The van der Waals surface area contributed by atoms with Crippen molar-refractivity contribution in [2.75, 3.05) is 19.0 Å². The van der Waals surface area contributed by atoms with E-state index in [0.29, 0.717) is 42.1 Å². The molecule has 0 radical (unpaired) electrons. The van der Waals surface area contributed by atoms with Gasteiger partial charge in [0.2, 0.25) is 0 Å². The highest BCUT2D eigenvalue weighted by Crippen LogP contribution is 2.68. The Labute approximate surface area is 214 Å². The molecular weight excluding hydrogens is 496 g/mol. The first kappa shape index (κ1) is 26.9. The molecule has 0 saturated heterocycles. The van der Waals surface area contributed by atoms with Gasteiger partial charge in [0, 0.05) is 18.4 Å². The molecule has 196 valence electrons. The molecule has 5 nitrogen and oxygen atoms in total. The first-order chi connectivity index (χ1) is 16.2. The quantitative estimate of drug-likeness (QED) is 0.245. The highest BCUT2D eigenvalue weighted by Gasteiger charge is 2.65. The molecule has 2 N–H and O–H groups in total. The van der Waals surface area contributed by atoms with Crippen LogP contribution in [0.5, 0.6) is 0 Å². The first-order valence-electron chi connectivity index (χ1n) is 13.8. The molecule has 0 unspecified atom stereocenters. The standard InChI is InChI=1S/C28H47BrO5/c1-17(6-9-25(32)33-4)20-7-8-21-26-22(16-24(31)28(20,21)3)27(2)11-10-19(34-13-5-12-29)14-18(27)15-23(26)30/h17-24,26,30-31H,5-16H2,1-4H3/t17-,18+,19+,20-,21+,22+,23-,24+,26+,27+,28-/m1/s1. The number of alkyl halides is 1. The first-order valence-corrected chi connectivity index (χ1v) is 14.9. The third-order valence-electron chi connectivity index (χ3n) is 11.2. The summed E-state index contributed by atoms with van der Waals surface area (Å²) in [5, 5.41) is 24.2. The number of carbonyl (C=O) groups excluding carboxylic acids is 1. The minimum absolute atomic E-state index is 0.149. The minimum atomic E-state index is -0.345. The van der Waals surface area contributed by atoms with Gasteiger partial charge in [0.1, 0.15) is 0 Å². The van der Waals surface area contributed by atoms with Gasteiger partial charge in [-0.1, -0.05) is 36.7 Å². The average molecular weight is 544 g/mol. The molecule has 4 saturated carbocycles. The van der Waals surface area contributed by atoms with Crippen molar-refractivity contribution in [3.63, 3.8) is 0 Å². The van der Waals surface area contributed by atoms with Gasteiger partial charge in [0.15, 0.2) is 0 Å². The number of hydrogen-bond donors (Lipinski definition) is 2. The number of fused-ring (bicyclic) bond motifs is 5. The van der Waals surface area contributed by atoms with E-state index in [-0.39, 0.29) is 34.9 Å². The zero-order chi connectivity index (χ0) is 24.7. The molecule has 4 rings (SSSR count). The van der Waals surface area contributed by atoms with Crippen LogP contribution in [0.15, 0.2) is 0 Å². The Morgan fingerprint density at radius 3 is 2.59 bits per heavy atom. The van der Waals surface area contributed by atoms with E-state index in [1.54, 1.807) is 0 Å². The molecule has 11 atom stereocenters. The maximum Gasteiger partial charge on any atom is 0.305 e. The molecule has 4 aliphatic rings. The van der Waals surface area contributed by atoms with Crippen molar-refractivity contribution in [2.45, 2.75) is 103 Å². The number of carbonyl (C=O) groups is 1. The molecule has 0 aromatic rings. The van der Waals surface area contributed by atoms with Crippen LogP contribution in [-0.2, 0) is 14.3 Å². The fraction of sp³-hybridized carbons (Fsp3) is 0.964. The Hall–Kier alpha value is -0.170. The van der Waals surface area contributed by atoms with Gasteiger partial charge >= 0.3 is 5.97 Å². The summed E-state index contributed by atoms with van der Waals surface area (Å²) >= 11 is 3.49. The van der Waals surface area contributed by atoms with Gasteiger partial charge < -0.3 is 19.7 Å². The number of methoxy groups -OCH3 is 1. The lowest BCUT2D eigenvalue weighted by atomic mass is 9.43. The number of halogens is 1. The van der Waals surface area contributed by atoms with Crippen molar-refractivity contribution in [3.8, 4) is 0 Å². The second-order valence-electron chi connectivity index (χ2n) is 12.5. The van der Waals surface area contributed by atoms with Crippen molar-refractivity contribution in [1.82, 2.24) is 0 Å². The number of hydrogen-bond acceptors (Lipinski definition) is 5. The van der Waals surface area contributed by atoms with Gasteiger partial charge in [-0.25, -0.2) is 0 Å². The summed E-state index contributed by atoms with van der Waals surface area (Å²) in [4.78, 5) is 11.7. The molecule has 0 heterocycles. The van der Waals surface area contributed by atoms with Gasteiger partial charge in [0.05, 0.1) is 25.4 Å².